The minimum atomic E-state index is -0.488. The van der Waals surface area contributed by atoms with Crippen LogP contribution in [0.1, 0.15) is 51.2 Å². The van der Waals surface area contributed by atoms with Crippen LogP contribution in [-0.2, 0) is 4.79 Å². The molecule has 1 aliphatic rings. The number of anilines is 2. The van der Waals surface area contributed by atoms with Crippen LogP contribution in [0.25, 0.3) is 6.08 Å². The van der Waals surface area contributed by atoms with Gasteiger partial charge in [0.1, 0.15) is 11.6 Å². The van der Waals surface area contributed by atoms with E-state index in [1.807, 2.05) is 18.2 Å². The van der Waals surface area contributed by atoms with Crippen LogP contribution >= 0.6 is 23.2 Å². The van der Waals surface area contributed by atoms with Gasteiger partial charge in [-0.05, 0) is 86.7 Å². The lowest BCUT2D eigenvalue weighted by atomic mass is 9.79. The molecule has 1 atom stereocenters. The summed E-state index contributed by atoms with van der Waals surface area (Å²) in [6.45, 7) is 9.70. The number of fused-ring (bicyclic) bond motifs is 1. The largest absolute Gasteiger partial charge is 0.366 e. The van der Waals surface area contributed by atoms with Crippen molar-refractivity contribution in [2.75, 3.05) is 16.8 Å². The van der Waals surface area contributed by atoms with E-state index >= 15 is 0 Å². The van der Waals surface area contributed by atoms with Crippen molar-refractivity contribution in [1.82, 2.24) is 0 Å². The smallest absolute Gasteiger partial charge is 0.266 e. The Bertz CT molecular complexity index is 1040. The van der Waals surface area contributed by atoms with Gasteiger partial charge in [-0.3, -0.25) is 4.79 Å². The van der Waals surface area contributed by atoms with Crippen LogP contribution < -0.4 is 10.2 Å². The van der Waals surface area contributed by atoms with Crippen molar-refractivity contribution in [3.05, 3.63) is 63.1 Å². The Balaban J connectivity index is 1.96. The predicted molar refractivity (Wildman–Crippen MR) is 125 cm³/mol. The van der Waals surface area contributed by atoms with Crippen molar-refractivity contribution in [3.8, 4) is 6.07 Å². The number of amides is 1. The average molecular weight is 442 g/mol. The first-order valence-electron chi connectivity index (χ1n) is 9.96. The minimum Gasteiger partial charge on any atom is -0.366 e. The molecule has 0 spiro atoms. The second kappa shape index (κ2) is 8.71. The van der Waals surface area contributed by atoms with E-state index in [4.69, 9.17) is 23.2 Å². The zero-order valence-corrected chi connectivity index (χ0v) is 19.1. The van der Waals surface area contributed by atoms with E-state index in [9.17, 15) is 10.1 Å². The van der Waals surface area contributed by atoms with Crippen LogP contribution in [0.3, 0.4) is 0 Å². The summed E-state index contributed by atoms with van der Waals surface area (Å²) in [6.07, 6.45) is 2.57. The fourth-order valence-electron chi connectivity index (χ4n) is 4.27. The first-order chi connectivity index (χ1) is 14.2. The highest BCUT2D eigenvalue weighted by Gasteiger charge is 2.35. The van der Waals surface area contributed by atoms with E-state index in [-0.39, 0.29) is 11.1 Å². The molecule has 0 saturated carbocycles. The molecule has 6 heteroatoms. The molecule has 0 aromatic heterocycles. The molecule has 2 aromatic carbocycles. The number of nitriles is 1. The molecule has 0 aliphatic carbocycles. The van der Waals surface area contributed by atoms with Crippen LogP contribution in [0.2, 0.25) is 10.0 Å². The summed E-state index contributed by atoms with van der Waals surface area (Å²) in [5.74, 6) is -0.145. The highest BCUT2D eigenvalue weighted by atomic mass is 35.5. The van der Waals surface area contributed by atoms with Gasteiger partial charge < -0.3 is 10.2 Å². The number of hydrogen-bond donors (Lipinski definition) is 1. The molecule has 3 rings (SSSR count). The zero-order chi connectivity index (χ0) is 22.1. The lowest BCUT2D eigenvalue weighted by Gasteiger charge is -2.47. The van der Waals surface area contributed by atoms with Gasteiger partial charge >= 0.3 is 0 Å². The maximum Gasteiger partial charge on any atom is 0.266 e. The first-order valence-corrected chi connectivity index (χ1v) is 10.7. The lowest BCUT2D eigenvalue weighted by molar-refractivity contribution is -0.112. The normalized spacial score (nSPS) is 17.8. The molecular weight excluding hydrogens is 417 g/mol. The molecule has 156 valence electrons. The van der Waals surface area contributed by atoms with Gasteiger partial charge in [-0.2, -0.15) is 5.26 Å². The summed E-state index contributed by atoms with van der Waals surface area (Å²) >= 11 is 12.5. The van der Waals surface area contributed by atoms with E-state index in [0.29, 0.717) is 27.2 Å². The highest BCUT2D eigenvalue weighted by molar-refractivity contribution is 6.32. The van der Waals surface area contributed by atoms with Crippen LogP contribution in [0.15, 0.2) is 42.0 Å². The van der Waals surface area contributed by atoms with Crippen LogP contribution in [0.4, 0.5) is 11.4 Å². The minimum absolute atomic E-state index is 0.0112. The average Bonchev–Trinajstić information content (AvgIpc) is 2.68. The molecule has 1 amide bonds. The number of nitrogens with zero attached hydrogens (tertiary/aromatic N) is 2. The third kappa shape index (κ3) is 4.48. The molecule has 1 heterocycles. The molecule has 0 bridgehead atoms. The first kappa shape index (κ1) is 22.2. The second-order valence-electron chi connectivity index (χ2n) is 8.23. The number of carbonyl (C=O) groups is 1. The molecule has 1 N–H and O–H groups in total. The molecular formula is C24H25Cl2N3O. The molecule has 1 aliphatic heterocycles. The number of benzene rings is 2. The predicted octanol–water partition coefficient (Wildman–Crippen LogP) is 6.65. The fraction of sp³-hybridized carbons (Fsp3) is 0.333. The Morgan fingerprint density at radius 3 is 2.57 bits per heavy atom. The number of carbonyl (C=O) groups excluding carboxylic acids is 1. The highest BCUT2D eigenvalue weighted by Crippen LogP contribution is 2.45. The third-order valence-corrected chi connectivity index (χ3v) is 6.17. The van der Waals surface area contributed by atoms with E-state index in [2.05, 4.69) is 37.9 Å². The molecule has 4 nitrogen and oxygen atoms in total. The van der Waals surface area contributed by atoms with Crippen molar-refractivity contribution < 1.29 is 4.79 Å². The van der Waals surface area contributed by atoms with E-state index in [0.717, 1.165) is 18.7 Å². The van der Waals surface area contributed by atoms with E-state index < -0.39 is 5.91 Å². The van der Waals surface area contributed by atoms with E-state index in [1.54, 1.807) is 30.3 Å². The van der Waals surface area contributed by atoms with Crippen molar-refractivity contribution in [3.63, 3.8) is 0 Å². The Kier molecular flexibility index (Phi) is 6.45. The van der Waals surface area contributed by atoms with Gasteiger partial charge in [0.25, 0.3) is 5.91 Å². The molecule has 0 radical (unpaired) electrons. The quantitative estimate of drug-likeness (QED) is 0.426. The zero-order valence-electron chi connectivity index (χ0n) is 17.6. The van der Waals surface area contributed by atoms with Gasteiger partial charge in [0.2, 0.25) is 0 Å². The van der Waals surface area contributed by atoms with Crippen LogP contribution in [-0.4, -0.2) is 18.0 Å². The molecule has 2 aromatic rings. The summed E-state index contributed by atoms with van der Waals surface area (Å²) < 4.78 is 0. The Labute approximate surface area is 188 Å². The van der Waals surface area contributed by atoms with Gasteiger partial charge in [-0.1, -0.05) is 30.1 Å². The van der Waals surface area contributed by atoms with Gasteiger partial charge in [0.05, 0.1) is 0 Å². The van der Waals surface area contributed by atoms with Gasteiger partial charge in [-0.15, -0.1) is 0 Å². The maximum atomic E-state index is 12.6. The maximum absolute atomic E-state index is 12.6. The molecule has 30 heavy (non-hydrogen) atoms. The monoisotopic (exact) mass is 441 g/mol. The Morgan fingerprint density at radius 2 is 1.97 bits per heavy atom. The Hall–Kier alpha value is -2.48. The van der Waals surface area contributed by atoms with Gasteiger partial charge in [0, 0.05) is 33.5 Å². The summed E-state index contributed by atoms with van der Waals surface area (Å²) in [4.78, 5) is 15.0. The molecule has 0 saturated heterocycles. The summed E-state index contributed by atoms with van der Waals surface area (Å²) in [5, 5.41) is 13.4. The van der Waals surface area contributed by atoms with E-state index in [1.165, 1.54) is 5.56 Å². The summed E-state index contributed by atoms with van der Waals surface area (Å²) in [6, 6.07) is 12.7. The van der Waals surface area contributed by atoms with Crippen molar-refractivity contribution in [1.29, 1.82) is 5.26 Å². The van der Waals surface area contributed by atoms with Crippen molar-refractivity contribution >= 4 is 46.6 Å². The number of halogens is 2. The number of hydrogen-bond acceptors (Lipinski definition) is 3. The number of rotatable bonds is 4. The molecule has 0 fully saturated rings. The van der Waals surface area contributed by atoms with Gasteiger partial charge in [-0.25, -0.2) is 0 Å². The van der Waals surface area contributed by atoms with Crippen molar-refractivity contribution in [2.45, 2.75) is 45.6 Å². The SMILES string of the molecule is CCN1c2cc(Cl)c(/C=C(\C#N)C(=O)Nc3ccc(Cl)cc3)cc2C(C)CC1(C)C. The lowest BCUT2D eigenvalue weighted by Crippen LogP contribution is -2.48. The Morgan fingerprint density at radius 1 is 1.30 bits per heavy atom. The molecule has 1 unspecified atom stereocenters. The summed E-state index contributed by atoms with van der Waals surface area (Å²) in [7, 11) is 0. The van der Waals surface area contributed by atoms with Crippen molar-refractivity contribution in [2.24, 2.45) is 0 Å². The van der Waals surface area contributed by atoms with Crippen LogP contribution in [0, 0.1) is 11.3 Å². The third-order valence-electron chi connectivity index (χ3n) is 5.59. The topological polar surface area (TPSA) is 56.1 Å². The van der Waals surface area contributed by atoms with Gasteiger partial charge in [0.15, 0.2) is 0 Å². The fourth-order valence-corrected chi connectivity index (χ4v) is 4.60. The van der Waals surface area contributed by atoms with Crippen LogP contribution in [0.5, 0.6) is 0 Å². The summed E-state index contributed by atoms with van der Waals surface area (Å²) in [5.41, 5.74) is 3.56. The number of nitrogens with one attached hydrogen (secondary N) is 1. The second-order valence-corrected chi connectivity index (χ2v) is 9.07. The standard InChI is InChI=1S/C24H25Cl2N3O/c1-5-29-22-12-21(26)16(11-20(22)15(2)13-24(29,3)4)10-17(14-27)23(30)28-19-8-6-18(25)7-9-19/h6-12,15H,5,13H2,1-4H3,(H,28,30)/b17-10+.